The maximum atomic E-state index is 13.5. The lowest BCUT2D eigenvalue weighted by Crippen LogP contribution is -2.49. The minimum absolute atomic E-state index is 0.0137. The molecule has 3 aromatic rings. The van der Waals surface area contributed by atoms with Gasteiger partial charge in [0.25, 0.3) is 0 Å². The van der Waals surface area contributed by atoms with Crippen molar-refractivity contribution in [3.05, 3.63) is 70.1 Å². The molecule has 1 aliphatic heterocycles. The molecule has 0 amide bonds. The summed E-state index contributed by atoms with van der Waals surface area (Å²) in [4.78, 5) is 16.2. The van der Waals surface area contributed by atoms with Crippen molar-refractivity contribution in [1.82, 2.24) is 14.1 Å². The molecule has 2 aliphatic rings. The largest absolute Gasteiger partial charge is 0.508 e. The summed E-state index contributed by atoms with van der Waals surface area (Å²) in [6, 6.07) is 13.4. The summed E-state index contributed by atoms with van der Waals surface area (Å²) in [5, 5.41) is 14.2. The molecule has 2 aromatic carbocycles. The number of rotatable bonds is 8. The van der Waals surface area contributed by atoms with Crippen LogP contribution >= 0.6 is 23.4 Å². The van der Waals surface area contributed by atoms with E-state index >= 15 is 0 Å². The highest BCUT2D eigenvalue weighted by molar-refractivity contribution is 8.11. The van der Waals surface area contributed by atoms with Crippen LogP contribution in [0.5, 0.6) is 11.5 Å². The number of sulfonamides is 1. The maximum absolute atomic E-state index is 13.5. The summed E-state index contributed by atoms with van der Waals surface area (Å²) in [6.07, 6.45) is 4.44. The zero-order chi connectivity index (χ0) is 26.0. The van der Waals surface area contributed by atoms with Gasteiger partial charge in [0.05, 0.1) is 18.0 Å². The van der Waals surface area contributed by atoms with Gasteiger partial charge in [0.1, 0.15) is 16.5 Å². The normalized spacial score (nSPS) is 16.9. The fourth-order valence-electron chi connectivity index (χ4n) is 4.18. The summed E-state index contributed by atoms with van der Waals surface area (Å²) >= 11 is 7.33. The van der Waals surface area contributed by atoms with Crippen molar-refractivity contribution in [3.8, 4) is 17.2 Å². The van der Waals surface area contributed by atoms with E-state index in [1.807, 2.05) is 4.90 Å². The van der Waals surface area contributed by atoms with Gasteiger partial charge in [-0.2, -0.15) is 14.1 Å². The second-order valence-electron chi connectivity index (χ2n) is 8.98. The number of piperazine rings is 1. The standard InChI is InChI=1S/C25H27ClN4O5S2/c26-18-3-1-4-19(15-18)30-25(32)24(35-21-5-2-6-21)23(16-27-30)28-11-13-29(14-12-28)37(33,34)17-36-22-9-7-20(31)8-10-22/h1,3-4,7-10,15-16,21,31H,2,5-6,11-14,17H2. The topological polar surface area (TPSA) is 105 Å². The first-order valence-corrected chi connectivity index (χ1v) is 15.0. The Hall–Kier alpha value is -2.73. The number of benzene rings is 2. The number of hydrogen-bond donors (Lipinski definition) is 1. The Morgan fingerprint density at radius 2 is 1.81 bits per heavy atom. The number of phenolic OH excluding ortho intramolecular Hbond substituents is 1. The van der Waals surface area contributed by atoms with Crippen LogP contribution in [0.1, 0.15) is 19.3 Å². The number of thioether (sulfide) groups is 1. The number of ether oxygens (including phenoxy) is 1. The maximum Gasteiger partial charge on any atom is 0.316 e. The molecule has 1 aliphatic carbocycles. The third-order valence-electron chi connectivity index (χ3n) is 6.49. The predicted molar refractivity (Wildman–Crippen MR) is 145 cm³/mol. The van der Waals surface area contributed by atoms with Gasteiger partial charge in [-0.15, -0.1) is 11.8 Å². The number of halogens is 1. The highest BCUT2D eigenvalue weighted by Gasteiger charge is 2.31. The molecule has 1 N–H and O–H groups in total. The first-order chi connectivity index (χ1) is 17.8. The predicted octanol–water partition coefficient (Wildman–Crippen LogP) is 3.72. The van der Waals surface area contributed by atoms with E-state index < -0.39 is 10.0 Å². The molecule has 12 heteroatoms. The zero-order valence-electron chi connectivity index (χ0n) is 20.0. The first-order valence-electron chi connectivity index (χ1n) is 12.0. The fraction of sp³-hybridized carbons (Fsp3) is 0.360. The van der Waals surface area contributed by atoms with Crippen LogP contribution in [0.4, 0.5) is 5.69 Å². The molecule has 2 heterocycles. The van der Waals surface area contributed by atoms with E-state index in [9.17, 15) is 18.3 Å². The van der Waals surface area contributed by atoms with E-state index in [-0.39, 0.29) is 28.2 Å². The Morgan fingerprint density at radius 3 is 2.46 bits per heavy atom. The van der Waals surface area contributed by atoms with Crippen molar-refractivity contribution in [2.24, 2.45) is 0 Å². The molecule has 1 saturated carbocycles. The van der Waals surface area contributed by atoms with Gasteiger partial charge in [-0.05, 0) is 61.7 Å². The van der Waals surface area contributed by atoms with E-state index in [4.69, 9.17) is 16.3 Å². The van der Waals surface area contributed by atoms with Crippen LogP contribution in [0.25, 0.3) is 5.69 Å². The van der Waals surface area contributed by atoms with Gasteiger partial charge in [-0.25, -0.2) is 8.42 Å². The van der Waals surface area contributed by atoms with E-state index in [2.05, 4.69) is 5.10 Å². The average molecular weight is 563 g/mol. The lowest BCUT2D eigenvalue weighted by atomic mass is 9.96. The van der Waals surface area contributed by atoms with Gasteiger partial charge in [0.2, 0.25) is 15.8 Å². The molecule has 0 bridgehead atoms. The summed E-state index contributed by atoms with van der Waals surface area (Å²) in [5.41, 5.74) is 0.752. The lowest BCUT2D eigenvalue weighted by molar-refractivity contribution is 0.118. The molecular weight excluding hydrogens is 536 g/mol. The van der Waals surface area contributed by atoms with Crippen LogP contribution in [-0.4, -0.2) is 65.0 Å². The van der Waals surface area contributed by atoms with Crippen LogP contribution in [0.2, 0.25) is 5.02 Å². The van der Waals surface area contributed by atoms with Crippen molar-refractivity contribution in [2.45, 2.75) is 30.3 Å². The number of anilines is 1. The number of phenols is 1. The summed E-state index contributed by atoms with van der Waals surface area (Å²) < 4.78 is 34.8. The van der Waals surface area contributed by atoms with Crippen LogP contribution in [0, 0.1) is 0 Å². The Bertz CT molecular complexity index is 1420. The highest BCUT2D eigenvalue weighted by Crippen LogP contribution is 2.31. The number of aromatic nitrogens is 2. The Balaban J connectivity index is 1.32. The van der Waals surface area contributed by atoms with E-state index in [1.54, 1.807) is 42.6 Å². The molecule has 0 radical (unpaired) electrons. The van der Waals surface area contributed by atoms with E-state index in [0.29, 0.717) is 42.6 Å². The Labute approximate surface area is 224 Å². The summed E-state index contributed by atoms with van der Waals surface area (Å²) in [6.45, 7) is 1.40. The smallest absolute Gasteiger partial charge is 0.316 e. The second kappa shape index (κ2) is 10.9. The van der Waals surface area contributed by atoms with Crippen molar-refractivity contribution in [1.29, 1.82) is 0 Å². The quantitative estimate of drug-likeness (QED) is 0.414. The Kier molecular flexibility index (Phi) is 7.66. The lowest BCUT2D eigenvalue weighted by Gasteiger charge is -2.36. The molecule has 0 atom stereocenters. The fourth-order valence-corrected chi connectivity index (χ4v) is 7.15. The van der Waals surface area contributed by atoms with Crippen molar-refractivity contribution < 1.29 is 18.3 Å². The summed E-state index contributed by atoms with van der Waals surface area (Å²) in [5.74, 6) is 0.373. The zero-order valence-corrected chi connectivity index (χ0v) is 22.4. The van der Waals surface area contributed by atoms with Crippen LogP contribution < -0.4 is 15.2 Å². The number of nitrogens with zero attached hydrogens (tertiary/aromatic N) is 4. The van der Waals surface area contributed by atoms with Gasteiger partial charge in [-0.3, -0.25) is 4.79 Å². The minimum Gasteiger partial charge on any atom is -0.508 e. The first kappa shape index (κ1) is 25.9. The van der Waals surface area contributed by atoms with Gasteiger partial charge >= 0.3 is 5.56 Å². The molecule has 2 fully saturated rings. The van der Waals surface area contributed by atoms with Gasteiger partial charge in [-0.1, -0.05) is 17.7 Å². The third kappa shape index (κ3) is 5.90. The molecule has 5 rings (SSSR count). The molecule has 0 unspecified atom stereocenters. The third-order valence-corrected chi connectivity index (χ3v) is 10.1. The second-order valence-corrected chi connectivity index (χ2v) is 12.8. The number of hydrogen-bond acceptors (Lipinski definition) is 8. The average Bonchev–Trinajstić information content (AvgIpc) is 2.86. The highest BCUT2D eigenvalue weighted by atomic mass is 35.5. The minimum atomic E-state index is -3.49. The van der Waals surface area contributed by atoms with Crippen molar-refractivity contribution >= 4 is 39.1 Å². The van der Waals surface area contributed by atoms with Gasteiger partial charge in [0.15, 0.2) is 0 Å². The van der Waals surface area contributed by atoms with Gasteiger partial charge in [0, 0.05) is 36.1 Å². The van der Waals surface area contributed by atoms with Crippen molar-refractivity contribution in [3.63, 3.8) is 0 Å². The van der Waals surface area contributed by atoms with E-state index in [1.165, 1.54) is 32.9 Å². The summed E-state index contributed by atoms with van der Waals surface area (Å²) in [7, 11) is -3.49. The van der Waals surface area contributed by atoms with Crippen molar-refractivity contribution in [2.75, 3.05) is 36.2 Å². The molecular formula is C25H27ClN4O5S2. The molecule has 1 aromatic heterocycles. The molecule has 37 heavy (non-hydrogen) atoms. The molecule has 196 valence electrons. The van der Waals surface area contributed by atoms with Crippen LogP contribution in [0.3, 0.4) is 0 Å². The number of aromatic hydroxyl groups is 1. The molecule has 9 nitrogen and oxygen atoms in total. The molecule has 1 saturated heterocycles. The van der Waals surface area contributed by atoms with Gasteiger partial charge < -0.3 is 14.7 Å². The van der Waals surface area contributed by atoms with Crippen LogP contribution in [0.15, 0.2) is 64.4 Å². The SMILES string of the molecule is O=c1c(OC2CCC2)c(N2CCN(S(=O)(=O)CSc3ccc(O)cc3)CC2)cnn1-c1cccc(Cl)c1. The Morgan fingerprint density at radius 1 is 1.08 bits per heavy atom. The van der Waals surface area contributed by atoms with Crippen LogP contribution in [-0.2, 0) is 10.0 Å². The molecule has 0 spiro atoms. The monoisotopic (exact) mass is 562 g/mol. The van der Waals surface area contributed by atoms with E-state index in [0.717, 1.165) is 24.2 Å².